The zero-order valence-electron chi connectivity index (χ0n) is 13.6. The molecule has 7 heteroatoms. The molecule has 0 aromatic heterocycles. The van der Waals surface area contributed by atoms with Crippen molar-refractivity contribution in [3.05, 3.63) is 0 Å². The Morgan fingerprint density at radius 1 is 0.905 bits per heavy atom. The summed E-state index contributed by atoms with van der Waals surface area (Å²) in [6.07, 6.45) is 0.822. The van der Waals surface area contributed by atoms with Crippen LogP contribution in [-0.2, 0) is 9.59 Å². The third kappa shape index (κ3) is 15.8. The molecule has 0 aromatic rings. The molecule has 0 radical (unpaired) electrons. The Bertz CT molecular complexity index is 307. The van der Waals surface area contributed by atoms with Gasteiger partial charge in [-0.3, -0.25) is 9.59 Å². The van der Waals surface area contributed by atoms with E-state index in [9.17, 15) is 9.59 Å². The van der Waals surface area contributed by atoms with Gasteiger partial charge in [-0.25, -0.2) is 0 Å². The molecule has 0 aliphatic rings. The van der Waals surface area contributed by atoms with Crippen LogP contribution in [0.5, 0.6) is 0 Å². The Morgan fingerprint density at radius 3 is 2.05 bits per heavy atom. The molecule has 0 saturated carbocycles. The first-order valence-electron chi connectivity index (χ1n) is 7.27. The van der Waals surface area contributed by atoms with Crippen LogP contribution in [0.3, 0.4) is 0 Å². The maximum absolute atomic E-state index is 11.6. The smallest absolute Gasteiger partial charge is 0.221 e. The Balaban J connectivity index is 3.44. The van der Waals surface area contributed by atoms with Crippen molar-refractivity contribution in [1.82, 2.24) is 16.0 Å². The van der Waals surface area contributed by atoms with Gasteiger partial charge in [0.05, 0.1) is 0 Å². The predicted octanol–water partition coefficient (Wildman–Crippen LogP) is 1.65. The predicted molar refractivity (Wildman–Crippen MR) is 93.6 cm³/mol. The highest BCUT2D eigenvalue weighted by Crippen LogP contribution is 2.19. The lowest BCUT2D eigenvalue weighted by Gasteiger charge is -2.17. The number of nitrogens with one attached hydrogen (secondary N) is 3. The molecule has 0 bridgehead atoms. The lowest BCUT2D eigenvalue weighted by molar-refractivity contribution is -0.123. The Kier molecular flexibility index (Phi) is 11.9. The maximum Gasteiger partial charge on any atom is 0.221 e. The first kappa shape index (κ1) is 20.6. The van der Waals surface area contributed by atoms with E-state index in [0.29, 0.717) is 25.9 Å². The fourth-order valence-corrected chi connectivity index (χ4v) is 3.36. The van der Waals surface area contributed by atoms with E-state index in [1.807, 2.05) is 27.8 Å². The van der Waals surface area contributed by atoms with E-state index >= 15 is 0 Å². The molecule has 0 atom stereocenters. The summed E-state index contributed by atoms with van der Waals surface area (Å²) in [6.45, 7) is 8.14. The number of carbonyl (C=O) groups is 2. The largest absolute Gasteiger partial charge is 0.356 e. The SMILES string of the molecule is CNCCSSCCNC(=O)CCNC(=O)CC(C)(C)C. The summed E-state index contributed by atoms with van der Waals surface area (Å²) in [7, 11) is 5.50. The molecule has 2 amide bonds. The zero-order chi connectivity index (χ0) is 16.1. The highest BCUT2D eigenvalue weighted by Gasteiger charge is 2.15. The van der Waals surface area contributed by atoms with E-state index in [-0.39, 0.29) is 17.2 Å². The second-order valence-electron chi connectivity index (χ2n) is 5.93. The summed E-state index contributed by atoms with van der Waals surface area (Å²) >= 11 is 0. The fraction of sp³-hybridized carbons (Fsp3) is 0.857. The van der Waals surface area contributed by atoms with Crippen LogP contribution in [0, 0.1) is 5.41 Å². The molecule has 0 aromatic carbocycles. The lowest BCUT2D eigenvalue weighted by atomic mass is 9.92. The van der Waals surface area contributed by atoms with E-state index in [0.717, 1.165) is 18.1 Å². The molecule has 0 spiro atoms. The average Bonchev–Trinajstić information content (AvgIpc) is 2.35. The van der Waals surface area contributed by atoms with Crippen molar-refractivity contribution in [1.29, 1.82) is 0 Å². The van der Waals surface area contributed by atoms with Crippen molar-refractivity contribution in [2.75, 3.05) is 38.2 Å². The quantitative estimate of drug-likeness (QED) is 0.396. The maximum atomic E-state index is 11.6. The molecule has 0 saturated heterocycles. The lowest BCUT2D eigenvalue weighted by Crippen LogP contribution is -2.33. The summed E-state index contributed by atoms with van der Waals surface area (Å²) in [6, 6.07) is 0. The molecule has 21 heavy (non-hydrogen) atoms. The molecule has 124 valence electrons. The Labute approximate surface area is 136 Å². The number of amides is 2. The minimum absolute atomic E-state index is 0.00629. The van der Waals surface area contributed by atoms with E-state index < -0.39 is 0 Å². The first-order valence-corrected chi connectivity index (χ1v) is 9.76. The van der Waals surface area contributed by atoms with Crippen LogP contribution in [0.25, 0.3) is 0 Å². The van der Waals surface area contributed by atoms with Gasteiger partial charge >= 0.3 is 0 Å². The minimum atomic E-state index is -0.0193. The standard InChI is InChI=1S/C14H29N3O2S2/c1-14(2,3)11-13(19)16-6-5-12(18)17-8-10-21-20-9-7-15-4/h15H,5-11H2,1-4H3,(H,16,19)(H,17,18). The second-order valence-corrected chi connectivity index (χ2v) is 8.64. The summed E-state index contributed by atoms with van der Waals surface area (Å²) in [5, 5.41) is 8.72. The highest BCUT2D eigenvalue weighted by molar-refractivity contribution is 8.76. The van der Waals surface area contributed by atoms with E-state index in [4.69, 9.17) is 0 Å². The third-order valence-electron chi connectivity index (χ3n) is 2.39. The summed E-state index contributed by atoms with van der Waals surface area (Å²) in [5.41, 5.74) is -0.0193. The highest BCUT2D eigenvalue weighted by atomic mass is 33.1. The molecular formula is C14H29N3O2S2. The molecule has 5 nitrogen and oxygen atoms in total. The van der Waals surface area contributed by atoms with Crippen molar-refractivity contribution >= 4 is 33.4 Å². The van der Waals surface area contributed by atoms with Gasteiger partial charge in [0.15, 0.2) is 0 Å². The van der Waals surface area contributed by atoms with Crippen LogP contribution in [0.2, 0.25) is 0 Å². The van der Waals surface area contributed by atoms with Gasteiger partial charge in [0.25, 0.3) is 0 Å². The fourth-order valence-electron chi connectivity index (χ4n) is 1.44. The van der Waals surface area contributed by atoms with Crippen LogP contribution >= 0.6 is 21.6 Å². The van der Waals surface area contributed by atoms with Gasteiger partial charge < -0.3 is 16.0 Å². The van der Waals surface area contributed by atoms with Gasteiger partial charge in [-0.1, -0.05) is 42.4 Å². The monoisotopic (exact) mass is 335 g/mol. The van der Waals surface area contributed by atoms with Crippen molar-refractivity contribution < 1.29 is 9.59 Å². The van der Waals surface area contributed by atoms with Crippen molar-refractivity contribution in [2.45, 2.75) is 33.6 Å². The van der Waals surface area contributed by atoms with Gasteiger partial charge in [0, 0.05) is 44.0 Å². The zero-order valence-corrected chi connectivity index (χ0v) is 15.2. The molecule has 0 heterocycles. The second kappa shape index (κ2) is 12.2. The van der Waals surface area contributed by atoms with Crippen LogP contribution in [0.15, 0.2) is 0 Å². The van der Waals surface area contributed by atoms with Crippen LogP contribution in [-0.4, -0.2) is 50.0 Å². The van der Waals surface area contributed by atoms with Gasteiger partial charge in [-0.2, -0.15) is 0 Å². The molecule has 0 fully saturated rings. The third-order valence-corrected chi connectivity index (χ3v) is 4.80. The number of hydrogen-bond acceptors (Lipinski definition) is 5. The Morgan fingerprint density at radius 2 is 1.48 bits per heavy atom. The summed E-state index contributed by atoms with van der Waals surface area (Å²) in [4.78, 5) is 23.1. The number of hydrogen-bond donors (Lipinski definition) is 3. The first-order chi connectivity index (χ1) is 9.85. The molecule has 0 unspecified atom stereocenters. The molecular weight excluding hydrogens is 306 g/mol. The molecule has 0 rings (SSSR count). The molecule has 3 N–H and O–H groups in total. The minimum Gasteiger partial charge on any atom is -0.356 e. The van der Waals surface area contributed by atoms with Crippen molar-refractivity contribution in [3.63, 3.8) is 0 Å². The summed E-state index contributed by atoms with van der Waals surface area (Å²) < 4.78 is 0. The van der Waals surface area contributed by atoms with Gasteiger partial charge in [-0.05, 0) is 12.5 Å². The summed E-state index contributed by atoms with van der Waals surface area (Å²) in [5.74, 6) is 1.96. The van der Waals surface area contributed by atoms with E-state index in [2.05, 4.69) is 16.0 Å². The Hall–Kier alpha value is -0.400. The van der Waals surface area contributed by atoms with Gasteiger partial charge in [0.2, 0.25) is 11.8 Å². The average molecular weight is 336 g/mol. The van der Waals surface area contributed by atoms with Crippen LogP contribution in [0.4, 0.5) is 0 Å². The molecule has 0 aliphatic heterocycles. The van der Waals surface area contributed by atoms with Crippen molar-refractivity contribution in [3.8, 4) is 0 Å². The van der Waals surface area contributed by atoms with Crippen LogP contribution < -0.4 is 16.0 Å². The van der Waals surface area contributed by atoms with Gasteiger partial charge in [-0.15, -0.1) is 0 Å². The van der Waals surface area contributed by atoms with E-state index in [1.165, 1.54) is 0 Å². The normalized spacial score (nSPS) is 11.2. The number of rotatable bonds is 11. The topological polar surface area (TPSA) is 70.2 Å². The van der Waals surface area contributed by atoms with Crippen LogP contribution in [0.1, 0.15) is 33.6 Å². The van der Waals surface area contributed by atoms with E-state index in [1.54, 1.807) is 21.6 Å². The van der Waals surface area contributed by atoms with Gasteiger partial charge in [0.1, 0.15) is 0 Å². The van der Waals surface area contributed by atoms with Crippen molar-refractivity contribution in [2.24, 2.45) is 5.41 Å². The number of carbonyl (C=O) groups excluding carboxylic acids is 2. The molecule has 0 aliphatic carbocycles.